The summed E-state index contributed by atoms with van der Waals surface area (Å²) in [5.74, 6) is -1.08. The van der Waals surface area contributed by atoms with E-state index in [-0.39, 0.29) is 16.6 Å². The Labute approximate surface area is 104 Å². The van der Waals surface area contributed by atoms with Gasteiger partial charge in [-0.2, -0.15) is 0 Å². The topological polar surface area (TPSA) is 29.1 Å². The van der Waals surface area contributed by atoms with Crippen molar-refractivity contribution in [3.05, 3.63) is 34.6 Å². The number of hydrogen-bond acceptors (Lipinski definition) is 1. The molecule has 0 saturated carbocycles. The summed E-state index contributed by atoms with van der Waals surface area (Å²) >= 11 is 11.5. The number of hydrogen-bond donors (Lipinski definition) is 1. The fourth-order valence-corrected chi connectivity index (χ4v) is 1.63. The molecule has 0 heterocycles. The molecule has 0 bridgehead atoms. The number of nitrogens with one attached hydrogen (secondary N) is 1. The minimum Gasteiger partial charge on any atom is -0.352 e. The fourth-order valence-electron chi connectivity index (χ4n) is 1.22. The van der Waals surface area contributed by atoms with Crippen molar-refractivity contribution in [1.29, 1.82) is 0 Å². The summed E-state index contributed by atoms with van der Waals surface area (Å²) in [5.41, 5.74) is 0.0901. The summed E-state index contributed by atoms with van der Waals surface area (Å²) in [6.07, 6.45) is 0. The first-order valence-corrected chi connectivity index (χ1v) is 5.63. The molecule has 0 saturated heterocycles. The van der Waals surface area contributed by atoms with E-state index in [1.165, 1.54) is 12.1 Å². The van der Waals surface area contributed by atoms with Crippen LogP contribution < -0.4 is 5.32 Å². The Balaban J connectivity index is 2.92. The molecule has 1 unspecified atom stereocenters. The summed E-state index contributed by atoms with van der Waals surface area (Å²) in [6, 6.07) is 4.36. The van der Waals surface area contributed by atoms with Crippen molar-refractivity contribution in [3.63, 3.8) is 0 Å². The average molecular weight is 264 g/mol. The van der Waals surface area contributed by atoms with Gasteiger partial charge in [-0.1, -0.05) is 23.7 Å². The van der Waals surface area contributed by atoms with Crippen molar-refractivity contribution in [2.45, 2.75) is 25.3 Å². The number of amides is 1. The molecule has 88 valence electrons. The highest BCUT2D eigenvalue weighted by atomic mass is 35.5. The zero-order valence-electron chi connectivity index (χ0n) is 8.93. The van der Waals surface area contributed by atoms with Gasteiger partial charge in [0.05, 0.1) is 5.02 Å². The van der Waals surface area contributed by atoms with Crippen LogP contribution in [0.1, 0.15) is 24.8 Å². The Hall–Kier alpha value is -0.800. The van der Waals surface area contributed by atoms with Gasteiger partial charge in [-0.25, -0.2) is 4.39 Å². The van der Waals surface area contributed by atoms with Gasteiger partial charge in [-0.3, -0.25) is 4.79 Å². The Bertz CT molecular complexity index is 396. The maximum absolute atomic E-state index is 13.6. The number of carbonyl (C=O) groups excluding carboxylic acids is 1. The minimum atomic E-state index is -1.07. The molecule has 2 nitrogen and oxygen atoms in total. The molecular weight excluding hydrogens is 252 g/mol. The van der Waals surface area contributed by atoms with Crippen LogP contribution in [0, 0.1) is 5.82 Å². The quantitative estimate of drug-likeness (QED) is 0.834. The van der Waals surface area contributed by atoms with Gasteiger partial charge in [-0.05, 0) is 19.9 Å². The monoisotopic (exact) mass is 263 g/mol. The molecule has 0 spiro atoms. The highest BCUT2D eigenvalue weighted by molar-refractivity contribution is 6.32. The molecule has 1 aromatic carbocycles. The predicted octanol–water partition coefficient (Wildman–Crippen LogP) is 3.28. The molecule has 0 aromatic heterocycles. The zero-order valence-corrected chi connectivity index (χ0v) is 10.4. The van der Waals surface area contributed by atoms with Crippen molar-refractivity contribution in [2.24, 2.45) is 0 Å². The van der Waals surface area contributed by atoms with Crippen LogP contribution in [0.25, 0.3) is 0 Å². The second-order valence-corrected chi connectivity index (χ2v) is 4.51. The molecular formula is C11H12Cl2FNO. The van der Waals surface area contributed by atoms with Gasteiger partial charge in [0.25, 0.3) is 0 Å². The van der Waals surface area contributed by atoms with Crippen molar-refractivity contribution in [1.82, 2.24) is 5.32 Å². The molecule has 0 aliphatic rings. The van der Waals surface area contributed by atoms with Crippen LogP contribution in [0.2, 0.25) is 5.02 Å². The Morgan fingerprint density at radius 3 is 2.62 bits per heavy atom. The van der Waals surface area contributed by atoms with E-state index in [0.717, 1.165) is 0 Å². The third-order valence-corrected chi connectivity index (χ3v) is 2.64. The standard InChI is InChI=1S/C11H12Cl2FNO/c1-6(2)15-11(16)9(13)7-4-3-5-8(12)10(7)14/h3-6,9H,1-2H3,(H,15,16). The van der Waals surface area contributed by atoms with Crippen LogP contribution in [0.5, 0.6) is 0 Å². The number of benzene rings is 1. The van der Waals surface area contributed by atoms with Crippen LogP contribution in [0.3, 0.4) is 0 Å². The molecule has 1 N–H and O–H groups in total. The van der Waals surface area contributed by atoms with Gasteiger partial charge in [0.1, 0.15) is 11.2 Å². The fraction of sp³-hybridized carbons (Fsp3) is 0.364. The number of rotatable bonds is 3. The maximum Gasteiger partial charge on any atom is 0.242 e. The first-order chi connectivity index (χ1) is 7.43. The smallest absolute Gasteiger partial charge is 0.242 e. The van der Waals surface area contributed by atoms with E-state index in [0.29, 0.717) is 0 Å². The minimum absolute atomic E-state index is 0.0412. The lowest BCUT2D eigenvalue weighted by molar-refractivity contribution is -0.121. The van der Waals surface area contributed by atoms with Gasteiger partial charge >= 0.3 is 0 Å². The lowest BCUT2D eigenvalue weighted by atomic mass is 10.1. The lowest BCUT2D eigenvalue weighted by Crippen LogP contribution is -2.33. The molecule has 5 heteroatoms. The second kappa shape index (κ2) is 5.51. The SMILES string of the molecule is CC(C)NC(=O)C(Cl)c1cccc(Cl)c1F. The third-order valence-electron chi connectivity index (χ3n) is 1.92. The molecule has 0 aliphatic carbocycles. The normalized spacial score (nSPS) is 12.6. The van der Waals surface area contributed by atoms with Crippen molar-refractivity contribution in [3.8, 4) is 0 Å². The van der Waals surface area contributed by atoms with E-state index in [1.807, 2.05) is 0 Å². The lowest BCUT2D eigenvalue weighted by Gasteiger charge is -2.14. The van der Waals surface area contributed by atoms with Crippen LogP contribution >= 0.6 is 23.2 Å². The number of halogens is 3. The molecule has 0 aliphatic heterocycles. The molecule has 1 atom stereocenters. The molecule has 1 aromatic rings. The van der Waals surface area contributed by atoms with Crippen molar-refractivity contribution in [2.75, 3.05) is 0 Å². The van der Waals surface area contributed by atoms with E-state index in [9.17, 15) is 9.18 Å². The van der Waals surface area contributed by atoms with E-state index in [1.54, 1.807) is 19.9 Å². The highest BCUT2D eigenvalue weighted by Gasteiger charge is 2.22. The van der Waals surface area contributed by atoms with E-state index < -0.39 is 17.1 Å². The average Bonchev–Trinajstić information content (AvgIpc) is 2.20. The van der Waals surface area contributed by atoms with Gasteiger partial charge in [0.2, 0.25) is 5.91 Å². The highest BCUT2D eigenvalue weighted by Crippen LogP contribution is 2.27. The Kier molecular flexibility index (Phi) is 4.56. The predicted molar refractivity (Wildman–Crippen MR) is 63.3 cm³/mol. The molecule has 1 rings (SSSR count). The van der Waals surface area contributed by atoms with Crippen molar-refractivity contribution < 1.29 is 9.18 Å². The van der Waals surface area contributed by atoms with Gasteiger partial charge in [-0.15, -0.1) is 11.6 Å². The summed E-state index contributed by atoms with van der Waals surface area (Å²) in [7, 11) is 0. The van der Waals surface area contributed by atoms with Crippen molar-refractivity contribution >= 4 is 29.1 Å². The zero-order chi connectivity index (χ0) is 12.3. The first-order valence-electron chi connectivity index (χ1n) is 4.82. The third kappa shape index (κ3) is 3.09. The molecule has 16 heavy (non-hydrogen) atoms. The summed E-state index contributed by atoms with van der Waals surface area (Å²) in [6.45, 7) is 3.60. The van der Waals surface area contributed by atoms with E-state index >= 15 is 0 Å². The van der Waals surface area contributed by atoms with Gasteiger partial charge in [0, 0.05) is 11.6 Å². The summed E-state index contributed by atoms with van der Waals surface area (Å²) < 4.78 is 13.6. The van der Waals surface area contributed by atoms with E-state index in [4.69, 9.17) is 23.2 Å². The van der Waals surface area contributed by atoms with Crippen LogP contribution in [-0.4, -0.2) is 11.9 Å². The summed E-state index contributed by atoms with van der Waals surface area (Å²) in [5, 5.41) is 1.50. The number of carbonyl (C=O) groups is 1. The second-order valence-electron chi connectivity index (χ2n) is 3.67. The van der Waals surface area contributed by atoms with Crippen LogP contribution in [0.4, 0.5) is 4.39 Å². The van der Waals surface area contributed by atoms with Crippen LogP contribution in [0.15, 0.2) is 18.2 Å². The Morgan fingerprint density at radius 2 is 2.06 bits per heavy atom. The first kappa shape index (κ1) is 13.3. The molecule has 1 amide bonds. The molecule has 0 radical (unpaired) electrons. The van der Waals surface area contributed by atoms with Gasteiger partial charge < -0.3 is 5.32 Å². The Morgan fingerprint density at radius 1 is 1.44 bits per heavy atom. The maximum atomic E-state index is 13.6. The van der Waals surface area contributed by atoms with E-state index in [2.05, 4.69) is 5.32 Å². The van der Waals surface area contributed by atoms with Crippen LogP contribution in [-0.2, 0) is 4.79 Å². The number of alkyl halides is 1. The summed E-state index contributed by atoms with van der Waals surface area (Å²) in [4.78, 5) is 11.6. The largest absolute Gasteiger partial charge is 0.352 e. The molecule has 0 fully saturated rings. The van der Waals surface area contributed by atoms with Gasteiger partial charge in [0.15, 0.2) is 0 Å².